The maximum absolute atomic E-state index is 13.1. The number of nitrogens with one attached hydrogen (secondary N) is 1. The summed E-state index contributed by atoms with van der Waals surface area (Å²) in [6.07, 6.45) is 1.66. The molecule has 7 heteroatoms. The first-order chi connectivity index (χ1) is 15.5. The summed E-state index contributed by atoms with van der Waals surface area (Å²) in [5.41, 5.74) is 4.02. The molecule has 7 nitrogen and oxygen atoms in total. The number of amides is 1. The maximum Gasteiger partial charge on any atom is 0.339 e. The van der Waals surface area contributed by atoms with Gasteiger partial charge >= 0.3 is 5.97 Å². The minimum atomic E-state index is -0.938. The molecular formula is C25H26N2O5. The Kier molecular flexibility index (Phi) is 6.25. The first-order valence-electron chi connectivity index (χ1n) is 10.6. The van der Waals surface area contributed by atoms with Crippen molar-refractivity contribution in [1.29, 1.82) is 0 Å². The monoisotopic (exact) mass is 434 g/mol. The van der Waals surface area contributed by atoms with Crippen molar-refractivity contribution in [3.63, 3.8) is 0 Å². The Labute approximate surface area is 186 Å². The van der Waals surface area contributed by atoms with E-state index in [2.05, 4.69) is 5.32 Å². The molecule has 1 aromatic heterocycles. The highest BCUT2D eigenvalue weighted by atomic mass is 16.5. The second-order valence-electron chi connectivity index (χ2n) is 7.74. The van der Waals surface area contributed by atoms with Gasteiger partial charge in [0.2, 0.25) is 0 Å². The van der Waals surface area contributed by atoms with Gasteiger partial charge in [0.05, 0.1) is 25.3 Å². The van der Waals surface area contributed by atoms with E-state index in [0.29, 0.717) is 17.1 Å². The number of hydrogen-bond donors (Lipinski definition) is 1. The molecule has 0 bridgehead atoms. The first-order valence-corrected chi connectivity index (χ1v) is 10.6. The minimum absolute atomic E-state index is 0.272. The molecule has 32 heavy (non-hydrogen) atoms. The molecule has 1 atom stereocenters. The molecule has 3 aromatic rings. The number of aryl methyl sites for hydroxylation is 1. The van der Waals surface area contributed by atoms with E-state index < -0.39 is 12.1 Å². The lowest BCUT2D eigenvalue weighted by molar-refractivity contribution is -0.129. The van der Waals surface area contributed by atoms with Crippen LogP contribution in [-0.4, -0.2) is 37.2 Å². The number of carbonyl (C=O) groups is 2. The van der Waals surface area contributed by atoms with Crippen molar-refractivity contribution >= 4 is 22.8 Å². The lowest BCUT2D eigenvalue weighted by Crippen LogP contribution is -2.35. The van der Waals surface area contributed by atoms with Crippen molar-refractivity contribution in [1.82, 2.24) is 10.3 Å². The second-order valence-corrected chi connectivity index (χ2v) is 7.74. The summed E-state index contributed by atoms with van der Waals surface area (Å²) in [5, 5.41) is 3.57. The fraction of sp³-hybridized carbons (Fsp3) is 0.320. The Morgan fingerprint density at radius 3 is 2.62 bits per heavy atom. The zero-order chi connectivity index (χ0) is 22.7. The summed E-state index contributed by atoms with van der Waals surface area (Å²) in [4.78, 5) is 30.4. The summed E-state index contributed by atoms with van der Waals surface area (Å²) in [6.45, 7) is 1.85. The highest BCUT2D eigenvalue weighted by Gasteiger charge is 2.27. The van der Waals surface area contributed by atoms with Crippen molar-refractivity contribution < 1.29 is 23.8 Å². The average molecular weight is 434 g/mol. The van der Waals surface area contributed by atoms with Gasteiger partial charge in [-0.05, 0) is 55.5 Å². The van der Waals surface area contributed by atoms with Crippen LogP contribution < -0.4 is 14.8 Å². The zero-order valence-corrected chi connectivity index (χ0v) is 18.4. The largest absolute Gasteiger partial charge is 0.493 e. The van der Waals surface area contributed by atoms with Crippen molar-refractivity contribution in [3.05, 3.63) is 64.8 Å². The van der Waals surface area contributed by atoms with E-state index in [9.17, 15) is 9.59 Å². The number of pyridine rings is 1. The number of ether oxygens (including phenoxy) is 3. The van der Waals surface area contributed by atoms with E-state index in [1.165, 1.54) is 0 Å². The first kappa shape index (κ1) is 21.6. The van der Waals surface area contributed by atoms with Gasteiger partial charge in [0.25, 0.3) is 5.91 Å². The number of hydrogen-bond acceptors (Lipinski definition) is 6. The SMILES string of the molecule is COc1ccc(CNC(=O)C(C)OC(=O)c2c3c(nc4ccccc24)CCC3)cc1OC. The van der Waals surface area contributed by atoms with Crippen LogP contribution in [0.4, 0.5) is 0 Å². The number of esters is 1. The van der Waals surface area contributed by atoms with Gasteiger partial charge in [-0.2, -0.15) is 0 Å². The second kappa shape index (κ2) is 9.26. The van der Waals surface area contributed by atoms with Crippen LogP contribution in [0.15, 0.2) is 42.5 Å². The molecule has 1 N–H and O–H groups in total. The third-order valence-electron chi connectivity index (χ3n) is 5.69. The molecule has 0 saturated carbocycles. The smallest absolute Gasteiger partial charge is 0.339 e. The van der Waals surface area contributed by atoms with Crippen LogP contribution in [0, 0.1) is 0 Å². The molecule has 0 aliphatic heterocycles. The number of para-hydroxylation sites is 1. The van der Waals surface area contributed by atoms with Crippen LogP contribution in [0.1, 0.15) is 40.5 Å². The maximum atomic E-state index is 13.1. The molecule has 1 aliphatic rings. The van der Waals surface area contributed by atoms with E-state index in [1.807, 2.05) is 30.3 Å². The Morgan fingerprint density at radius 2 is 1.84 bits per heavy atom. The van der Waals surface area contributed by atoms with Crippen molar-refractivity contribution in [2.24, 2.45) is 0 Å². The van der Waals surface area contributed by atoms with Crippen LogP contribution in [0.2, 0.25) is 0 Å². The van der Waals surface area contributed by atoms with Crippen LogP contribution in [0.3, 0.4) is 0 Å². The Bertz CT molecular complexity index is 1170. The van der Waals surface area contributed by atoms with Crippen molar-refractivity contribution in [2.45, 2.75) is 38.8 Å². The Morgan fingerprint density at radius 1 is 1.06 bits per heavy atom. The van der Waals surface area contributed by atoms with Gasteiger partial charge in [-0.15, -0.1) is 0 Å². The summed E-state index contributed by atoms with van der Waals surface area (Å²) in [5.74, 6) is 0.331. The quantitative estimate of drug-likeness (QED) is 0.572. The van der Waals surface area contributed by atoms with Crippen LogP contribution >= 0.6 is 0 Å². The van der Waals surface area contributed by atoms with Gasteiger partial charge in [-0.1, -0.05) is 24.3 Å². The summed E-state index contributed by atoms with van der Waals surface area (Å²) >= 11 is 0. The summed E-state index contributed by atoms with van der Waals surface area (Å²) in [7, 11) is 3.12. The lowest BCUT2D eigenvalue weighted by Gasteiger charge is -2.16. The molecule has 2 aromatic carbocycles. The number of aromatic nitrogens is 1. The molecule has 0 saturated heterocycles. The van der Waals surface area contributed by atoms with E-state index in [1.54, 1.807) is 33.3 Å². The van der Waals surface area contributed by atoms with Gasteiger partial charge in [0.15, 0.2) is 17.6 Å². The number of fused-ring (bicyclic) bond motifs is 2. The predicted octanol–water partition coefficient (Wildman–Crippen LogP) is 3.60. The summed E-state index contributed by atoms with van der Waals surface area (Å²) in [6, 6.07) is 13.0. The lowest BCUT2D eigenvalue weighted by atomic mass is 10.0. The van der Waals surface area contributed by atoms with Crippen LogP contribution in [0.5, 0.6) is 11.5 Å². The zero-order valence-electron chi connectivity index (χ0n) is 18.4. The minimum Gasteiger partial charge on any atom is -0.493 e. The molecule has 0 radical (unpaired) electrons. The normalized spacial score (nSPS) is 13.3. The molecule has 4 rings (SSSR count). The Hall–Kier alpha value is -3.61. The topological polar surface area (TPSA) is 86.8 Å². The molecule has 0 spiro atoms. The number of carbonyl (C=O) groups excluding carboxylic acids is 2. The van der Waals surface area contributed by atoms with E-state index >= 15 is 0 Å². The number of methoxy groups -OCH3 is 2. The fourth-order valence-corrected chi connectivity index (χ4v) is 4.04. The van der Waals surface area contributed by atoms with E-state index in [4.69, 9.17) is 19.2 Å². The molecule has 0 fully saturated rings. The fourth-order valence-electron chi connectivity index (χ4n) is 4.04. The van der Waals surface area contributed by atoms with Gasteiger partial charge in [0, 0.05) is 17.6 Å². The molecule has 1 unspecified atom stereocenters. The molecule has 1 aliphatic carbocycles. The number of rotatable bonds is 7. The highest BCUT2D eigenvalue weighted by molar-refractivity contribution is 6.06. The van der Waals surface area contributed by atoms with Crippen LogP contribution in [-0.2, 0) is 28.9 Å². The van der Waals surface area contributed by atoms with Gasteiger partial charge in [-0.25, -0.2) is 4.79 Å². The standard InChI is InChI=1S/C25H26N2O5/c1-15(24(28)26-14-16-11-12-21(30-2)22(13-16)31-3)32-25(29)23-17-7-4-5-9-19(17)27-20-10-6-8-18(20)23/h4-5,7,9,11-13,15H,6,8,10,14H2,1-3H3,(H,26,28). The average Bonchev–Trinajstić information content (AvgIpc) is 3.28. The van der Waals surface area contributed by atoms with Crippen molar-refractivity contribution in [3.8, 4) is 11.5 Å². The number of benzene rings is 2. The summed E-state index contributed by atoms with van der Waals surface area (Å²) < 4.78 is 16.1. The number of nitrogens with zero attached hydrogens (tertiary/aromatic N) is 1. The third kappa shape index (κ3) is 4.23. The third-order valence-corrected chi connectivity index (χ3v) is 5.69. The van der Waals surface area contributed by atoms with Crippen molar-refractivity contribution in [2.75, 3.05) is 14.2 Å². The predicted molar refractivity (Wildman–Crippen MR) is 120 cm³/mol. The molecule has 1 amide bonds. The van der Waals surface area contributed by atoms with Gasteiger partial charge in [0.1, 0.15) is 0 Å². The highest BCUT2D eigenvalue weighted by Crippen LogP contribution is 2.31. The molecule has 166 valence electrons. The van der Waals surface area contributed by atoms with E-state index in [-0.39, 0.29) is 12.5 Å². The van der Waals surface area contributed by atoms with E-state index in [0.717, 1.165) is 47.0 Å². The van der Waals surface area contributed by atoms with Gasteiger partial charge in [-0.3, -0.25) is 9.78 Å². The molecular weight excluding hydrogens is 408 g/mol. The van der Waals surface area contributed by atoms with Crippen LogP contribution in [0.25, 0.3) is 10.9 Å². The Balaban J connectivity index is 1.46. The van der Waals surface area contributed by atoms with Gasteiger partial charge < -0.3 is 19.5 Å². The molecule has 1 heterocycles.